The van der Waals surface area contributed by atoms with Crippen LogP contribution in [0.5, 0.6) is 0 Å². The number of hydrogen-bond donors (Lipinski definition) is 0. The van der Waals surface area contributed by atoms with Crippen LogP contribution in [0.25, 0.3) is 5.52 Å². The number of fused-ring (bicyclic) bond motifs is 1. The van der Waals surface area contributed by atoms with Crippen molar-refractivity contribution in [3.8, 4) is 0 Å². The van der Waals surface area contributed by atoms with E-state index in [2.05, 4.69) is 11.9 Å². The first kappa shape index (κ1) is 12.7. The Morgan fingerprint density at radius 1 is 1.32 bits per heavy atom. The molecular weight excluding hydrogens is 260 g/mol. The van der Waals surface area contributed by atoms with Crippen LogP contribution in [0.1, 0.15) is 43.1 Å². The highest BCUT2D eigenvalue weighted by Gasteiger charge is 2.26. The molecule has 2 aromatic rings. The number of carbonyl (C=O) groups excluding carboxylic acids is 1. The molecule has 0 amide bonds. The molecule has 1 aliphatic carbocycles. The van der Waals surface area contributed by atoms with Crippen molar-refractivity contribution >= 4 is 22.9 Å². The van der Waals surface area contributed by atoms with Gasteiger partial charge in [0.25, 0.3) is 0 Å². The van der Waals surface area contributed by atoms with Crippen molar-refractivity contribution in [3.63, 3.8) is 0 Å². The van der Waals surface area contributed by atoms with Gasteiger partial charge in [0, 0.05) is 10.9 Å². The van der Waals surface area contributed by atoms with E-state index in [0.29, 0.717) is 10.7 Å². The number of carbonyl (C=O) groups is 1. The fourth-order valence-corrected chi connectivity index (χ4v) is 3.13. The highest BCUT2D eigenvalue weighted by atomic mass is 35.5. The predicted octanol–water partition coefficient (Wildman–Crippen LogP) is 4.00. The molecular formula is C15H17ClN2O. The number of aromatic nitrogens is 2. The Bertz CT molecular complexity index is 612. The zero-order valence-electron chi connectivity index (χ0n) is 11.0. The summed E-state index contributed by atoms with van der Waals surface area (Å²) in [7, 11) is 0. The van der Waals surface area contributed by atoms with Crippen LogP contribution < -0.4 is 0 Å². The van der Waals surface area contributed by atoms with Crippen LogP contribution in [-0.2, 0) is 0 Å². The Morgan fingerprint density at radius 3 is 2.79 bits per heavy atom. The highest BCUT2D eigenvalue weighted by Crippen LogP contribution is 2.31. The van der Waals surface area contributed by atoms with Gasteiger partial charge in [-0.15, -0.1) is 0 Å². The second kappa shape index (κ2) is 4.97. The summed E-state index contributed by atoms with van der Waals surface area (Å²) in [6, 6.07) is 3.59. The second-order valence-corrected chi connectivity index (χ2v) is 6.00. The van der Waals surface area contributed by atoms with Crippen LogP contribution in [0.3, 0.4) is 0 Å². The van der Waals surface area contributed by atoms with Crippen LogP contribution >= 0.6 is 11.6 Å². The summed E-state index contributed by atoms with van der Waals surface area (Å²) in [5, 5.41) is 0.598. The number of pyridine rings is 1. The lowest BCUT2D eigenvalue weighted by molar-refractivity contribution is 0.0869. The second-order valence-electron chi connectivity index (χ2n) is 5.57. The van der Waals surface area contributed by atoms with E-state index in [1.54, 1.807) is 18.6 Å². The van der Waals surface area contributed by atoms with Crippen LogP contribution in [0.4, 0.5) is 0 Å². The lowest BCUT2D eigenvalue weighted by Gasteiger charge is -2.25. The van der Waals surface area contributed by atoms with Crippen molar-refractivity contribution in [2.75, 3.05) is 0 Å². The number of halogens is 1. The Morgan fingerprint density at radius 2 is 2.05 bits per heavy atom. The van der Waals surface area contributed by atoms with Crippen molar-refractivity contribution in [2.24, 2.45) is 11.8 Å². The van der Waals surface area contributed by atoms with E-state index in [9.17, 15) is 4.79 Å². The number of hydrogen-bond acceptors (Lipinski definition) is 2. The van der Waals surface area contributed by atoms with Gasteiger partial charge in [-0.2, -0.15) is 0 Å². The zero-order valence-corrected chi connectivity index (χ0v) is 11.7. The fraction of sp³-hybridized carbons (Fsp3) is 0.467. The molecule has 1 fully saturated rings. The Kier molecular flexibility index (Phi) is 3.31. The minimum Gasteiger partial charge on any atom is -0.296 e. The summed E-state index contributed by atoms with van der Waals surface area (Å²) >= 11 is 6.09. The van der Waals surface area contributed by atoms with Crippen molar-refractivity contribution in [1.82, 2.24) is 9.38 Å². The summed E-state index contributed by atoms with van der Waals surface area (Å²) in [5.41, 5.74) is 1.54. The average molecular weight is 277 g/mol. The van der Waals surface area contributed by atoms with Crippen molar-refractivity contribution < 1.29 is 4.79 Å². The molecule has 0 saturated heterocycles. The van der Waals surface area contributed by atoms with Gasteiger partial charge in [0.2, 0.25) is 0 Å². The maximum absolute atomic E-state index is 12.7. The molecule has 0 atom stereocenters. The Hall–Kier alpha value is -1.35. The van der Waals surface area contributed by atoms with E-state index >= 15 is 0 Å². The molecule has 2 heterocycles. The topological polar surface area (TPSA) is 34.4 Å². The Balaban J connectivity index is 1.95. The van der Waals surface area contributed by atoms with Crippen LogP contribution in [0, 0.1) is 11.8 Å². The average Bonchev–Trinajstić information content (AvgIpc) is 2.85. The van der Waals surface area contributed by atoms with Crippen LogP contribution in [-0.4, -0.2) is 15.2 Å². The molecule has 1 saturated carbocycles. The van der Waals surface area contributed by atoms with Crippen molar-refractivity contribution in [3.05, 3.63) is 35.4 Å². The van der Waals surface area contributed by atoms with Crippen LogP contribution in [0.2, 0.25) is 5.02 Å². The van der Waals surface area contributed by atoms with Gasteiger partial charge < -0.3 is 0 Å². The SMILES string of the molecule is CC1CCC(C(=O)c2cc(Cl)cc3cncn23)CC1. The molecule has 3 rings (SSSR count). The normalized spacial score (nSPS) is 23.7. The smallest absolute Gasteiger partial charge is 0.182 e. The number of rotatable bonds is 2. The summed E-state index contributed by atoms with van der Waals surface area (Å²) in [5.74, 6) is 1.09. The third kappa shape index (κ3) is 2.39. The van der Waals surface area contributed by atoms with Gasteiger partial charge in [0.05, 0.1) is 23.7 Å². The maximum atomic E-state index is 12.7. The van der Waals surface area contributed by atoms with Gasteiger partial charge in [-0.25, -0.2) is 4.98 Å². The van der Waals surface area contributed by atoms with E-state index in [4.69, 9.17) is 11.6 Å². The minimum absolute atomic E-state index is 0.139. The third-order valence-electron chi connectivity index (χ3n) is 4.13. The van der Waals surface area contributed by atoms with Gasteiger partial charge >= 0.3 is 0 Å². The zero-order chi connectivity index (χ0) is 13.4. The molecule has 0 N–H and O–H groups in total. The molecule has 1 aliphatic rings. The number of nitrogens with zero attached hydrogens (tertiary/aromatic N) is 2. The van der Waals surface area contributed by atoms with E-state index in [-0.39, 0.29) is 11.7 Å². The van der Waals surface area contributed by atoms with Gasteiger partial charge in [-0.3, -0.25) is 9.20 Å². The van der Waals surface area contributed by atoms with E-state index in [1.165, 1.54) is 0 Å². The highest BCUT2D eigenvalue weighted by molar-refractivity contribution is 6.31. The standard InChI is InChI=1S/C15H17ClN2O/c1-10-2-4-11(5-3-10)15(19)14-7-12(16)6-13-8-17-9-18(13)14/h6-11H,2-5H2,1H3. The molecule has 0 unspecified atom stereocenters. The quantitative estimate of drug-likeness (QED) is 0.777. The molecule has 19 heavy (non-hydrogen) atoms. The molecule has 2 aromatic heterocycles. The van der Waals surface area contributed by atoms with Crippen molar-refractivity contribution in [1.29, 1.82) is 0 Å². The molecule has 4 heteroatoms. The van der Waals surface area contributed by atoms with E-state index < -0.39 is 0 Å². The third-order valence-corrected chi connectivity index (χ3v) is 4.34. The largest absolute Gasteiger partial charge is 0.296 e. The summed E-state index contributed by atoms with van der Waals surface area (Å²) in [6.07, 6.45) is 7.68. The molecule has 0 aliphatic heterocycles. The molecule has 100 valence electrons. The molecule has 3 nitrogen and oxygen atoms in total. The number of ketones is 1. The van der Waals surface area contributed by atoms with Gasteiger partial charge in [-0.05, 0) is 30.9 Å². The predicted molar refractivity (Wildman–Crippen MR) is 75.7 cm³/mol. The van der Waals surface area contributed by atoms with E-state index in [1.807, 2.05) is 10.5 Å². The first-order valence-electron chi connectivity index (χ1n) is 6.81. The molecule has 0 bridgehead atoms. The molecule has 0 aromatic carbocycles. The maximum Gasteiger partial charge on any atom is 0.182 e. The summed E-state index contributed by atoms with van der Waals surface area (Å²) in [4.78, 5) is 16.8. The van der Waals surface area contributed by atoms with Gasteiger partial charge in [-0.1, -0.05) is 31.4 Å². The lowest BCUT2D eigenvalue weighted by atomic mass is 9.80. The summed E-state index contributed by atoms with van der Waals surface area (Å²) in [6.45, 7) is 2.26. The first-order chi connectivity index (χ1) is 9.15. The van der Waals surface area contributed by atoms with Crippen molar-refractivity contribution in [2.45, 2.75) is 32.6 Å². The Labute approximate surface area is 117 Å². The van der Waals surface area contributed by atoms with Crippen LogP contribution in [0.15, 0.2) is 24.7 Å². The molecule has 0 spiro atoms. The minimum atomic E-state index is 0.139. The number of imidazole rings is 1. The lowest BCUT2D eigenvalue weighted by Crippen LogP contribution is -2.22. The fourth-order valence-electron chi connectivity index (χ4n) is 2.92. The van der Waals surface area contributed by atoms with Gasteiger partial charge in [0.15, 0.2) is 5.78 Å². The number of Topliss-reactive ketones (excluding diaryl/α,β-unsaturated/α-hetero) is 1. The first-order valence-corrected chi connectivity index (χ1v) is 7.19. The molecule has 0 radical (unpaired) electrons. The summed E-state index contributed by atoms with van der Waals surface area (Å²) < 4.78 is 1.84. The monoisotopic (exact) mass is 276 g/mol. The van der Waals surface area contributed by atoms with E-state index in [0.717, 1.165) is 37.1 Å². The van der Waals surface area contributed by atoms with Gasteiger partial charge in [0.1, 0.15) is 0 Å².